The summed E-state index contributed by atoms with van der Waals surface area (Å²) in [6.45, 7) is 5.63. The van der Waals surface area contributed by atoms with Crippen LogP contribution in [-0.2, 0) is 16.0 Å². The van der Waals surface area contributed by atoms with Crippen molar-refractivity contribution >= 4 is 34.8 Å². The van der Waals surface area contributed by atoms with Crippen LogP contribution in [0, 0.1) is 0 Å². The summed E-state index contributed by atoms with van der Waals surface area (Å²) in [6.07, 6.45) is 5.55. The number of likely N-dealkylation sites (tertiary alicyclic amines) is 1. The van der Waals surface area contributed by atoms with Gasteiger partial charge in [-0.25, -0.2) is 9.59 Å². The number of hydrogen-bond acceptors (Lipinski definition) is 4. The Labute approximate surface area is 201 Å². The summed E-state index contributed by atoms with van der Waals surface area (Å²) in [5, 5.41) is 15.6. The first-order valence-electron chi connectivity index (χ1n) is 11.2. The maximum absolute atomic E-state index is 9.55. The highest BCUT2D eigenvalue weighted by atomic mass is 32.1. The van der Waals surface area contributed by atoms with Gasteiger partial charge in [0, 0.05) is 43.5 Å². The van der Waals surface area contributed by atoms with Crippen molar-refractivity contribution in [2.24, 2.45) is 0 Å². The number of anilines is 1. The highest BCUT2D eigenvalue weighted by Gasteiger charge is 2.26. The molecule has 33 heavy (non-hydrogen) atoms. The van der Waals surface area contributed by atoms with Crippen LogP contribution in [0.15, 0.2) is 72.8 Å². The van der Waals surface area contributed by atoms with E-state index in [9.17, 15) is 9.59 Å². The van der Waals surface area contributed by atoms with E-state index in [4.69, 9.17) is 22.4 Å². The van der Waals surface area contributed by atoms with E-state index in [1.165, 1.54) is 24.1 Å². The monoisotopic (exact) mass is 468 g/mol. The molecule has 7 heteroatoms. The Morgan fingerprint density at radius 3 is 1.97 bits per heavy atom. The van der Waals surface area contributed by atoms with E-state index in [1.54, 1.807) is 0 Å². The van der Waals surface area contributed by atoms with Crippen molar-refractivity contribution in [2.75, 3.05) is 24.5 Å². The van der Waals surface area contributed by atoms with Crippen LogP contribution in [0.5, 0.6) is 0 Å². The number of carbonyl (C=O) groups is 2. The van der Waals surface area contributed by atoms with E-state index in [2.05, 4.69) is 77.4 Å². The first-order chi connectivity index (χ1) is 15.9. The average molecular weight is 469 g/mol. The molecule has 1 saturated heterocycles. The van der Waals surface area contributed by atoms with Gasteiger partial charge in [-0.15, -0.1) is 0 Å². The largest absolute Gasteiger partial charge is 0.478 e. The third-order valence-corrected chi connectivity index (χ3v) is 5.94. The summed E-state index contributed by atoms with van der Waals surface area (Å²) in [6, 6.07) is 22.0. The number of carboxylic acid groups (broad SMARTS) is 2. The summed E-state index contributed by atoms with van der Waals surface area (Å²) in [4.78, 5) is 25.2. The molecule has 2 N–H and O–H groups in total. The van der Waals surface area contributed by atoms with Crippen molar-refractivity contribution in [3.8, 4) is 0 Å². The van der Waals surface area contributed by atoms with Crippen LogP contribution in [0.1, 0.15) is 31.7 Å². The minimum atomic E-state index is -1.26. The third-order valence-electron chi connectivity index (χ3n) is 5.46. The van der Waals surface area contributed by atoms with E-state index in [0.717, 1.165) is 37.5 Å². The Morgan fingerprint density at radius 1 is 0.970 bits per heavy atom. The third kappa shape index (κ3) is 9.55. The lowest BCUT2D eigenvalue weighted by Crippen LogP contribution is -2.47. The second kappa shape index (κ2) is 14.2. The topological polar surface area (TPSA) is 81.1 Å². The van der Waals surface area contributed by atoms with Gasteiger partial charge in [0.1, 0.15) is 0 Å². The molecule has 6 nitrogen and oxygen atoms in total. The van der Waals surface area contributed by atoms with Crippen molar-refractivity contribution in [3.05, 3.63) is 78.4 Å². The maximum Gasteiger partial charge on any atom is 0.328 e. The fraction of sp³-hybridized carbons (Fsp3) is 0.346. The fourth-order valence-corrected chi connectivity index (χ4v) is 4.05. The standard InChI is InChI=1S/C22H28N2S.C4H4O4/c1-2-22(25)24(20-11-7-4-8-12-20)21-14-17-23(18-15-21)16-13-19-9-5-3-6-10-19;5-3(6)1-2-4(7)8/h3-12,21H,2,13-18H2,1H3;1-2H,(H,5,6)(H,7,8)/b;2-1-. The van der Waals surface area contributed by atoms with Crippen LogP contribution in [0.2, 0.25) is 0 Å². The van der Waals surface area contributed by atoms with Crippen LogP contribution in [0.4, 0.5) is 5.69 Å². The minimum Gasteiger partial charge on any atom is -0.478 e. The van der Waals surface area contributed by atoms with Gasteiger partial charge in [-0.2, -0.15) is 0 Å². The van der Waals surface area contributed by atoms with Gasteiger partial charge < -0.3 is 20.0 Å². The van der Waals surface area contributed by atoms with Gasteiger partial charge >= 0.3 is 11.9 Å². The number of piperidine rings is 1. The molecule has 0 atom stereocenters. The Hall–Kier alpha value is -3.03. The zero-order chi connectivity index (χ0) is 24.1. The lowest BCUT2D eigenvalue weighted by Gasteiger charge is -2.40. The van der Waals surface area contributed by atoms with E-state index < -0.39 is 11.9 Å². The average Bonchev–Trinajstić information content (AvgIpc) is 2.84. The molecule has 0 radical (unpaired) electrons. The van der Waals surface area contributed by atoms with Crippen molar-refractivity contribution in [1.29, 1.82) is 0 Å². The second-order valence-electron chi connectivity index (χ2n) is 7.77. The SMILES string of the molecule is CCC(=S)N(c1ccccc1)C1CCN(CCc2ccccc2)CC1.O=C(O)/C=C\C(=O)O. The van der Waals surface area contributed by atoms with Gasteiger partial charge in [-0.05, 0) is 43.4 Å². The number of aliphatic carboxylic acids is 2. The highest BCUT2D eigenvalue weighted by Crippen LogP contribution is 2.25. The van der Waals surface area contributed by atoms with Gasteiger partial charge in [0.05, 0.1) is 4.99 Å². The molecule has 0 unspecified atom stereocenters. The van der Waals surface area contributed by atoms with Crippen molar-refractivity contribution in [1.82, 2.24) is 4.90 Å². The van der Waals surface area contributed by atoms with Crippen molar-refractivity contribution in [3.63, 3.8) is 0 Å². The first-order valence-corrected chi connectivity index (χ1v) is 11.6. The Kier molecular flexibility index (Phi) is 11.3. The quantitative estimate of drug-likeness (QED) is 0.431. The lowest BCUT2D eigenvalue weighted by atomic mass is 10.0. The number of hydrogen-bond donors (Lipinski definition) is 2. The summed E-state index contributed by atoms with van der Waals surface area (Å²) in [7, 11) is 0. The molecule has 0 spiro atoms. The van der Waals surface area contributed by atoms with E-state index in [-0.39, 0.29) is 0 Å². The molecule has 176 valence electrons. The van der Waals surface area contributed by atoms with Crippen LogP contribution in [0.3, 0.4) is 0 Å². The molecule has 1 heterocycles. The van der Waals surface area contributed by atoms with Gasteiger partial charge in [0.2, 0.25) is 0 Å². The number of para-hydroxylation sites is 1. The Balaban J connectivity index is 0.000000414. The summed E-state index contributed by atoms with van der Waals surface area (Å²) in [5.74, 6) is -2.51. The zero-order valence-electron chi connectivity index (χ0n) is 19.0. The second-order valence-corrected chi connectivity index (χ2v) is 8.24. The molecule has 1 aliphatic heterocycles. The van der Waals surface area contributed by atoms with Crippen molar-refractivity contribution < 1.29 is 19.8 Å². The smallest absolute Gasteiger partial charge is 0.328 e. The zero-order valence-corrected chi connectivity index (χ0v) is 19.8. The predicted molar refractivity (Wildman–Crippen MR) is 136 cm³/mol. The number of carboxylic acids is 2. The Bertz CT molecular complexity index is 894. The van der Waals surface area contributed by atoms with E-state index in [1.807, 2.05) is 0 Å². The predicted octanol–water partition coefficient (Wildman–Crippen LogP) is 4.65. The molecule has 2 aromatic carbocycles. The normalized spacial score (nSPS) is 14.3. The molecule has 1 fully saturated rings. The molecule has 0 aliphatic carbocycles. The molecule has 0 bridgehead atoms. The number of nitrogens with zero attached hydrogens (tertiary/aromatic N) is 2. The van der Waals surface area contributed by atoms with Gasteiger partial charge in [0.25, 0.3) is 0 Å². The van der Waals surface area contributed by atoms with E-state index >= 15 is 0 Å². The van der Waals surface area contributed by atoms with Crippen molar-refractivity contribution in [2.45, 2.75) is 38.6 Å². The van der Waals surface area contributed by atoms with Gasteiger partial charge in [-0.3, -0.25) is 0 Å². The van der Waals surface area contributed by atoms with E-state index in [0.29, 0.717) is 18.2 Å². The Morgan fingerprint density at radius 2 is 1.48 bits per heavy atom. The summed E-state index contributed by atoms with van der Waals surface area (Å²) in [5.41, 5.74) is 2.68. The fourth-order valence-electron chi connectivity index (χ4n) is 3.79. The molecule has 1 aliphatic rings. The molecular formula is C26H32N2O4S. The van der Waals surface area contributed by atoms with Gasteiger partial charge in [0.15, 0.2) is 0 Å². The lowest BCUT2D eigenvalue weighted by molar-refractivity contribution is -0.134. The maximum atomic E-state index is 9.55. The first kappa shape index (κ1) is 26.2. The van der Waals surface area contributed by atoms with Gasteiger partial charge in [-0.1, -0.05) is 67.7 Å². The van der Waals surface area contributed by atoms with Crippen LogP contribution >= 0.6 is 12.2 Å². The molecular weight excluding hydrogens is 436 g/mol. The molecule has 2 aromatic rings. The minimum absolute atomic E-state index is 0.530. The highest BCUT2D eigenvalue weighted by molar-refractivity contribution is 7.80. The number of benzene rings is 2. The summed E-state index contributed by atoms with van der Waals surface area (Å²) < 4.78 is 0. The summed E-state index contributed by atoms with van der Waals surface area (Å²) >= 11 is 5.70. The van der Waals surface area contributed by atoms with Crippen LogP contribution in [0.25, 0.3) is 0 Å². The molecule has 0 saturated carbocycles. The van der Waals surface area contributed by atoms with Crippen LogP contribution in [-0.4, -0.2) is 57.7 Å². The number of thiocarbonyl (C=S) groups is 1. The molecule has 3 rings (SSSR count). The number of rotatable bonds is 8. The molecule has 0 amide bonds. The molecule has 0 aromatic heterocycles. The van der Waals surface area contributed by atoms with Crippen LogP contribution < -0.4 is 4.90 Å².